The summed E-state index contributed by atoms with van der Waals surface area (Å²) in [6.07, 6.45) is 1.52. The van der Waals surface area contributed by atoms with Gasteiger partial charge in [-0.15, -0.1) is 0 Å². The number of methoxy groups -OCH3 is 1. The zero-order valence-electron chi connectivity index (χ0n) is 11.0. The van der Waals surface area contributed by atoms with Crippen LogP contribution in [0.1, 0.15) is 18.9 Å². The second-order valence-electron chi connectivity index (χ2n) is 4.57. The van der Waals surface area contributed by atoms with Crippen molar-refractivity contribution in [1.82, 2.24) is 4.90 Å². The number of benzene rings is 1. The van der Waals surface area contributed by atoms with Crippen LogP contribution in [-0.4, -0.2) is 37.8 Å². The van der Waals surface area contributed by atoms with Gasteiger partial charge in [-0.3, -0.25) is 4.90 Å². The van der Waals surface area contributed by atoms with E-state index in [1.165, 1.54) is 5.56 Å². The van der Waals surface area contributed by atoms with E-state index in [1.54, 1.807) is 7.11 Å². The molecule has 1 atom stereocenters. The number of hydrogen-bond acceptors (Lipinski definition) is 3. The fraction of sp³-hybridized carbons (Fsp3) is 0.571. The lowest BCUT2D eigenvalue weighted by Gasteiger charge is -2.17. The van der Waals surface area contributed by atoms with E-state index in [2.05, 4.69) is 26.9 Å². The van der Waals surface area contributed by atoms with Crippen LogP contribution in [0.2, 0.25) is 0 Å². The second kappa shape index (κ2) is 6.55. The summed E-state index contributed by atoms with van der Waals surface area (Å²) in [6.45, 7) is 5.80. The number of hydrogen-bond donors (Lipinski definition) is 0. The summed E-state index contributed by atoms with van der Waals surface area (Å²) in [6, 6.07) is 6.21. The molecule has 1 heterocycles. The van der Waals surface area contributed by atoms with Crippen LogP contribution in [0.4, 0.5) is 0 Å². The molecule has 100 valence electrons. The molecule has 0 N–H and O–H groups in total. The van der Waals surface area contributed by atoms with Crippen molar-refractivity contribution in [3.63, 3.8) is 0 Å². The Balaban J connectivity index is 1.97. The lowest BCUT2D eigenvalue weighted by molar-refractivity contribution is 0.107. The average Bonchev–Trinajstić information content (AvgIpc) is 2.81. The molecule has 1 aliphatic heterocycles. The second-order valence-corrected chi connectivity index (χ2v) is 5.42. The highest BCUT2D eigenvalue weighted by Crippen LogP contribution is 2.25. The van der Waals surface area contributed by atoms with Crippen LogP contribution < -0.4 is 4.74 Å². The predicted molar refractivity (Wildman–Crippen MR) is 76.0 cm³/mol. The van der Waals surface area contributed by atoms with Gasteiger partial charge in [0, 0.05) is 31.2 Å². The van der Waals surface area contributed by atoms with Gasteiger partial charge in [-0.2, -0.15) is 0 Å². The predicted octanol–water partition coefficient (Wildman–Crippen LogP) is 3.07. The third-order valence-electron chi connectivity index (χ3n) is 3.29. The molecule has 3 nitrogen and oxygen atoms in total. The normalized spacial score (nSPS) is 20.3. The van der Waals surface area contributed by atoms with E-state index in [-0.39, 0.29) is 0 Å². The van der Waals surface area contributed by atoms with Gasteiger partial charge in [-0.05, 0) is 31.0 Å². The molecule has 1 aliphatic rings. The first-order valence-electron chi connectivity index (χ1n) is 6.39. The van der Waals surface area contributed by atoms with Crippen LogP contribution in [0.5, 0.6) is 5.75 Å². The molecule has 0 amide bonds. The number of ether oxygens (including phenoxy) is 2. The van der Waals surface area contributed by atoms with E-state index >= 15 is 0 Å². The van der Waals surface area contributed by atoms with Crippen LogP contribution in [0.25, 0.3) is 0 Å². The summed E-state index contributed by atoms with van der Waals surface area (Å²) >= 11 is 3.62. The highest BCUT2D eigenvalue weighted by atomic mass is 79.9. The van der Waals surface area contributed by atoms with Crippen LogP contribution in [0.15, 0.2) is 22.7 Å². The highest BCUT2D eigenvalue weighted by molar-refractivity contribution is 9.10. The maximum atomic E-state index is 5.48. The fourth-order valence-corrected chi connectivity index (χ4v) is 2.77. The van der Waals surface area contributed by atoms with Gasteiger partial charge in [0.05, 0.1) is 12.7 Å². The minimum atomic E-state index is 0.395. The Morgan fingerprint density at radius 3 is 2.89 bits per heavy atom. The first-order valence-corrected chi connectivity index (χ1v) is 7.18. The number of halogens is 1. The fourth-order valence-electron chi connectivity index (χ4n) is 2.29. The molecule has 4 heteroatoms. The maximum absolute atomic E-state index is 5.48. The molecule has 2 rings (SSSR count). The Bertz CT molecular complexity index is 397. The van der Waals surface area contributed by atoms with Gasteiger partial charge in [0.2, 0.25) is 0 Å². The van der Waals surface area contributed by atoms with Crippen molar-refractivity contribution in [3.8, 4) is 5.75 Å². The molecule has 1 aromatic rings. The lowest BCUT2D eigenvalue weighted by Crippen LogP contribution is -2.22. The largest absolute Gasteiger partial charge is 0.494 e. The van der Waals surface area contributed by atoms with E-state index in [0.29, 0.717) is 12.7 Å². The van der Waals surface area contributed by atoms with Crippen molar-refractivity contribution >= 4 is 15.9 Å². The highest BCUT2D eigenvalue weighted by Gasteiger charge is 2.22. The van der Waals surface area contributed by atoms with Crippen molar-refractivity contribution in [3.05, 3.63) is 28.2 Å². The molecule has 0 spiro atoms. The Labute approximate surface area is 117 Å². The maximum Gasteiger partial charge on any atom is 0.120 e. The molecule has 18 heavy (non-hydrogen) atoms. The van der Waals surface area contributed by atoms with E-state index < -0.39 is 0 Å². The quantitative estimate of drug-likeness (QED) is 0.834. The van der Waals surface area contributed by atoms with Gasteiger partial charge in [0.25, 0.3) is 0 Å². The molecule has 0 saturated carbocycles. The van der Waals surface area contributed by atoms with Gasteiger partial charge in [0.1, 0.15) is 5.75 Å². The third-order valence-corrected chi connectivity index (χ3v) is 4.03. The first kappa shape index (κ1) is 13.8. The topological polar surface area (TPSA) is 21.7 Å². The van der Waals surface area contributed by atoms with E-state index in [1.807, 2.05) is 19.1 Å². The molecular weight excluding hydrogens is 294 g/mol. The molecule has 1 aromatic carbocycles. The van der Waals surface area contributed by atoms with Crippen molar-refractivity contribution in [2.75, 3.05) is 26.8 Å². The molecule has 0 unspecified atom stereocenters. The lowest BCUT2D eigenvalue weighted by atomic mass is 10.2. The zero-order valence-corrected chi connectivity index (χ0v) is 12.6. The molecule has 0 aliphatic carbocycles. The third kappa shape index (κ3) is 3.46. The van der Waals surface area contributed by atoms with Gasteiger partial charge in [-0.25, -0.2) is 0 Å². The standard InChI is InChI=1S/C14H20BrNO2/c1-3-18-12-5-4-11(14(15)8-12)9-16-7-6-13(10-16)17-2/h4-5,8,13H,3,6-7,9-10H2,1-2H3/t13-/m0/s1. The smallest absolute Gasteiger partial charge is 0.120 e. The van der Waals surface area contributed by atoms with Crippen LogP contribution in [0.3, 0.4) is 0 Å². The van der Waals surface area contributed by atoms with Gasteiger partial charge < -0.3 is 9.47 Å². The minimum Gasteiger partial charge on any atom is -0.494 e. The Morgan fingerprint density at radius 2 is 2.28 bits per heavy atom. The molecule has 0 aromatic heterocycles. The van der Waals surface area contributed by atoms with E-state index in [9.17, 15) is 0 Å². The van der Waals surface area contributed by atoms with E-state index in [0.717, 1.165) is 36.3 Å². The van der Waals surface area contributed by atoms with E-state index in [4.69, 9.17) is 9.47 Å². The summed E-state index contributed by atoms with van der Waals surface area (Å²) < 4.78 is 12.0. The SMILES string of the molecule is CCOc1ccc(CN2CC[C@H](OC)C2)c(Br)c1. The number of likely N-dealkylation sites (tertiary alicyclic amines) is 1. The summed E-state index contributed by atoms with van der Waals surface area (Å²) in [7, 11) is 1.79. The zero-order chi connectivity index (χ0) is 13.0. The Kier molecular flexibility index (Phi) is 5.03. The number of rotatable bonds is 5. The van der Waals surface area contributed by atoms with Gasteiger partial charge >= 0.3 is 0 Å². The van der Waals surface area contributed by atoms with Crippen molar-refractivity contribution in [2.45, 2.75) is 26.0 Å². The van der Waals surface area contributed by atoms with Crippen LogP contribution in [-0.2, 0) is 11.3 Å². The molecule has 1 fully saturated rings. The number of nitrogens with zero attached hydrogens (tertiary/aromatic N) is 1. The van der Waals surface area contributed by atoms with Gasteiger partial charge in [0.15, 0.2) is 0 Å². The summed E-state index contributed by atoms with van der Waals surface area (Å²) in [5, 5.41) is 0. The van der Waals surface area contributed by atoms with Crippen LogP contribution in [0, 0.1) is 0 Å². The van der Waals surface area contributed by atoms with Crippen molar-refractivity contribution < 1.29 is 9.47 Å². The summed E-state index contributed by atoms with van der Waals surface area (Å²) in [5.74, 6) is 0.921. The molecule has 0 bridgehead atoms. The van der Waals surface area contributed by atoms with Gasteiger partial charge in [-0.1, -0.05) is 22.0 Å². The van der Waals surface area contributed by atoms with Crippen molar-refractivity contribution in [1.29, 1.82) is 0 Å². The Morgan fingerprint density at radius 1 is 1.44 bits per heavy atom. The average molecular weight is 314 g/mol. The molecular formula is C14H20BrNO2. The first-order chi connectivity index (χ1) is 8.72. The summed E-state index contributed by atoms with van der Waals surface area (Å²) in [5.41, 5.74) is 1.30. The monoisotopic (exact) mass is 313 g/mol. The molecule has 0 radical (unpaired) electrons. The van der Waals surface area contributed by atoms with Crippen LogP contribution >= 0.6 is 15.9 Å². The van der Waals surface area contributed by atoms with Crippen molar-refractivity contribution in [2.24, 2.45) is 0 Å². The minimum absolute atomic E-state index is 0.395. The Hall–Kier alpha value is -0.580. The molecule has 1 saturated heterocycles. The summed E-state index contributed by atoms with van der Waals surface area (Å²) in [4.78, 5) is 2.43.